The molecular weight excluding hydrogens is 308 g/mol. The molecule has 0 amide bonds. The normalized spacial score (nSPS) is 11.8. The van der Waals surface area contributed by atoms with E-state index < -0.39 is 0 Å². The molecule has 0 radical (unpaired) electrons. The van der Waals surface area contributed by atoms with E-state index in [1.165, 1.54) is 16.0 Å². The summed E-state index contributed by atoms with van der Waals surface area (Å²) in [5.41, 5.74) is 5.63. The zero-order valence-electron chi connectivity index (χ0n) is 14.9. The van der Waals surface area contributed by atoms with Gasteiger partial charge in [0.25, 0.3) is 0 Å². The number of thiazole rings is 1. The Hall–Kier alpha value is -1.89. The molecule has 23 heavy (non-hydrogen) atoms. The molecule has 0 aliphatic carbocycles. The van der Waals surface area contributed by atoms with Crippen LogP contribution >= 0.6 is 11.3 Å². The maximum Gasteiger partial charge on any atom is 0.188 e. The van der Waals surface area contributed by atoms with Gasteiger partial charge in [0.15, 0.2) is 10.8 Å². The molecule has 6 nitrogen and oxygen atoms in total. The molecule has 0 fully saturated rings. The van der Waals surface area contributed by atoms with Crippen LogP contribution in [0.3, 0.4) is 0 Å². The van der Waals surface area contributed by atoms with Gasteiger partial charge in [0.05, 0.1) is 16.1 Å². The first-order valence-corrected chi connectivity index (χ1v) is 8.67. The molecule has 3 rings (SSSR count). The summed E-state index contributed by atoms with van der Waals surface area (Å²) >= 11 is 1.70. The van der Waals surface area contributed by atoms with E-state index in [2.05, 4.69) is 54.5 Å². The van der Waals surface area contributed by atoms with Crippen LogP contribution in [0.1, 0.15) is 42.5 Å². The van der Waals surface area contributed by atoms with Crippen molar-refractivity contribution in [1.29, 1.82) is 0 Å². The lowest BCUT2D eigenvalue weighted by Gasteiger charge is -2.16. The van der Waals surface area contributed by atoms with E-state index in [-0.39, 0.29) is 0 Å². The summed E-state index contributed by atoms with van der Waals surface area (Å²) in [6, 6.07) is 0.379. The van der Waals surface area contributed by atoms with Gasteiger partial charge in [-0.05, 0) is 34.6 Å². The number of aromatic nitrogens is 5. The van der Waals surface area contributed by atoms with Gasteiger partial charge in [-0.15, -0.1) is 0 Å². The fourth-order valence-corrected chi connectivity index (χ4v) is 3.96. The summed E-state index contributed by atoms with van der Waals surface area (Å²) in [4.78, 5) is 6.95. The molecule has 3 heterocycles. The molecule has 0 aromatic carbocycles. The quantitative estimate of drug-likeness (QED) is 0.735. The monoisotopic (exact) mass is 332 g/mol. The first-order chi connectivity index (χ1) is 10.8. The average molecular weight is 332 g/mol. The number of fused-ring (bicyclic) bond motifs is 1. The Labute approximate surface area is 140 Å². The van der Waals surface area contributed by atoms with Gasteiger partial charge in [0.1, 0.15) is 0 Å². The highest BCUT2D eigenvalue weighted by Crippen LogP contribution is 2.31. The van der Waals surface area contributed by atoms with Crippen molar-refractivity contribution in [3.05, 3.63) is 22.6 Å². The molecule has 0 saturated heterocycles. The van der Waals surface area contributed by atoms with Crippen LogP contribution in [0.25, 0.3) is 10.3 Å². The zero-order chi connectivity index (χ0) is 16.9. The van der Waals surface area contributed by atoms with Gasteiger partial charge in [-0.25, -0.2) is 9.67 Å². The van der Waals surface area contributed by atoms with Gasteiger partial charge in [-0.2, -0.15) is 10.2 Å². The predicted octanol–water partition coefficient (Wildman–Crippen LogP) is 3.37. The summed E-state index contributed by atoms with van der Waals surface area (Å²) in [7, 11) is 4.03. The van der Waals surface area contributed by atoms with Gasteiger partial charge in [-0.1, -0.05) is 11.3 Å². The van der Waals surface area contributed by atoms with Crippen LogP contribution in [-0.2, 0) is 13.6 Å². The molecule has 0 spiro atoms. The third-order valence-electron chi connectivity index (χ3n) is 4.22. The van der Waals surface area contributed by atoms with E-state index >= 15 is 0 Å². The standard InChI is InChI=1S/C16H24N6S/c1-9(2)22-12(5)13(10(3)19-22)8-20(6)16-17-15-14(23-16)11(4)18-21(15)7/h9H,8H2,1-7H3. The lowest BCUT2D eigenvalue weighted by molar-refractivity contribution is 0.515. The van der Waals surface area contributed by atoms with Crippen LogP contribution in [-0.4, -0.2) is 31.6 Å². The van der Waals surface area contributed by atoms with Crippen LogP contribution in [0, 0.1) is 20.8 Å². The van der Waals surface area contributed by atoms with E-state index in [0.29, 0.717) is 6.04 Å². The highest BCUT2D eigenvalue weighted by atomic mass is 32.1. The minimum absolute atomic E-state index is 0.379. The molecular formula is C16H24N6S. The topological polar surface area (TPSA) is 51.8 Å². The summed E-state index contributed by atoms with van der Waals surface area (Å²) in [6.45, 7) is 11.4. The van der Waals surface area contributed by atoms with Gasteiger partial charge in [-0.3, -0.25) is 4.68 Å². The van der Waals surface area contributed by atoms with Crippen molar-refractivity contribution in [1.82, 2.24) is 24.5 Å². The zero-order valence-corrected chi connectivity index (χ0v) is 15.7. The Balaban J connectivity index is 1.91. The summed E-state index contributed by atoms with van der Waals surface area (Å²) < 4.78 is 5.12. The molecule has 124 valence electrons. The van der Waals surface area contributed by atoms with Gasteiger partial charge in [0, 0.05) is 37.9 Å². The van der Waals surface area contributed by atoms with Crippen LogP contribution in [0.5, 0.6) is 0 Å². The first kappa shape index (κ1) is 16.0. The average Bonchev–Trinajstić information content (AvgIpc) is 3.10. The molecule has 0 aliphatic heterocycles. The maximum atomic E-state index is 4.75. The van der Waals surface area contributed by atoms with Crippen molar-refractivity contribution >= 4 is 26.8 Å². The third-order valence-corrected chi connectivity index (χ3v) is 5.49. The van der Waals surface area contributed by atoms with E-state index in [1.807, 2.05) is 18.7 Å². The molecule has 3 aromatic rings. The van der Waals surface area contributed by atoms with Gasteiger partial charge < -0.3 is 4.90 Å². The molecule has 0 bridgehead atoms. The molecule has 0 aliphatic rings. The predicted molar refractivity (Wildman–Crippen MR) is 95.3 cm³/mol. The SMILES string of the molecule is Cc1nn(C(C)C)c(C)c1CN(C)c1nc2c(s1)c(C)nn2C. The van der Waals surface area contributed by atoms with Crippen molar-refractivity contribution in [2.24, 2.45) is 7.05 Å². The number of rotatable bonds is 4. The van der Waals surface area contributed by atoms with Crippen molar-refractivity contribution in [2.45, 2.75) is 47.2 Å². The second kappa shape index (κ2) is 5.63. The van der Waals surface area contributed by atoms with Crippen molar-refractivity contribution in [3.8, 4) is 0 Å². The van der Waals surface area contributed by atoms with Crippen LogP contribution < -0.4 is 4.90 Å². The van der Waals surface area contributed by atoms with Gasteiger partial charge >= 0.3 is 0 Å². The highest BCUT2D eigenvalue weighted by Gasteiger charge is 2.18. The van der Waals surface area contributed by atoms with Crippen molar-refractivity contribution in [3.63, 3.8) is 0 Å². The van der Waals surface area contributed by atoms with E-state index in [1.54, 1.807) is 11.3 Å². The lowest BCUT2D eigenvalue weighted by Crippen LogP contribution is -2.17. The summed E-state index contributed by atoms with van der Waals surface area (Å²) in [5, 5.41) is 10.1. The summed E-state index contributed by atoms with van der Waals surface area (Å²) in [6.07, 6.45) is 0. The van der Waals surface area contributed by atoms with E-state index in [4.69, 9.17) is 4.98 Å². The largest absolute Gasteiger partial charge is 0.347 e. The van der Waals surface area contributed by atoms with E-state index in [0.717, 1.165) is 28.7 Å². The van der Waals surface area contributed by atoms with Crippen molar-refractivity contribution < 1.29 is 0 Å². The third kappa shape index (κ3) is 2.63. The molecule has 0 unspecified atom stereocenters. The number of hydrogen-bond acceptors (Lipinski definition) is 5. The molecule has 0 atom stereocenters. The summed E-state index contributed by atoms with van der Waals surface area (Å²) in [5.74, 6) is 0. The Morgan fingerprint density at radius 3 is 2.39 bits per heavy atom. The Morgan fingerprint density at radius 2 is 1.83 bits per heavy atom. The Bertz CT molecular complexity index is 819. The minimum Gasteiger partial charge on any atom is -0.347 e. The van der Waals surface area contributed by atoms with Crippen LogP contribution in [0.15, 0.2) is 0 Å². The second-order valence-corrected chi connectivity index (χ2v) is 7.38. The number of hydrogen-bond donors (Lipinski definition) is 0. The fourth-order valence-electron chi connectivity index (χ4n) is 2.97. The molecule has 7 heteroatoms. The number of nitrogens with zero attached hydrogens (tertiary/aromatic N) is 6. The van der Waals surface area contributed by atoms with E-state index in [9.17, 15) is 0 Å². The molecule has 3 aromatic heterocycles. The Morgan fingerprint density at radius 1 is 1.13 bits per heavy atom. The van der Waals surface area contributed by atoms with Gasteiger partial charge in [0.2, 0.25) is 0 Å². The molecule has 0 N–H and O–H groups in total. The fraction of sp³-hybridized carbons (Fsp3) is 0.562. The van der Waals surface area contributed by atoms with Crippen LogP contribution in [0.2, 0.25) is 0 Å². The molecule has 0 saturated carbocycles. The lowest BCUT2D eigenvalue weighted by atomic mass is 10.2. The van der Waals surface area contributed by atoms with Crippen molar-refractivity contribution in [2.75, 3.05) is 11.9 Å². The van der Waals surface area contributed by atoms with Crippen LogP contribution in [0.4, 0.5) is 5.13 Å². The Kier molecular flexibility index (Phi) is 3.91. The smallest absolute Gasteiger partial charge is 0.188 e. The second-order valence-electron chi connectivity index (χ2n) is 6.40. The number of aryl methyl sites for hydroxylation is 3. The highest BCUT2D eigenvalue weighted by molar-refractivity contribution is 7.22. The minimum atomic E-state index is 0.379. The maximum absolute atomic E-state index is 4.75. The first-order valence-electron chi connectivity index (χ1n) is 7.85. The number of anilines is 1.